The molecule has 2 aromatic rings. The number of hydrogen-bond donors (Lipinski definition) is 1. The van der Waals surface area contributed by atoms with Gasteiger partial charge in [0, 0.05) is 16.8 Å². The van der Waals surface area contributed by atoms with Crippen LogP contribution in [-0.4, -0.2) is 4.98 Å². The zero-order valence-corrected chi connectivity index (χ0v) is 10.4. The van der Waals surface area contributed by atoms with Gasteiger partial charge in [-0.15, -0.1) is 11.8 Å². The first-order valence-corrected chi connectivity index (χ1v) is 6.30. The van der Waals surface area contributed by atoms with E-state index in [0.717, 1.165) is 4.90 Å². The SMILES string of the molecule is Nc1cnccc1SCc1cccc(Cl)c1F. The molecule has 1 aromatic heterocycles. The van der Waals surface area contributed by atoms with Crippen molar-refractivity contribution in [2.45, 2.75) is 10.6 Å². The lowest BCUT2D eigenvalue weighted by atomic mass is 10.2. The summed E-state index contributed by atoms with van der Waals surface area (Å²) >= 11 is 7.17. The standard InChI is InChI=1S/C12H10ClFN2S/c13-9-3-1-2-8(12(9)14)7-17-11-4-5-16-6-10(11)15/h1-6H,7,15H2. The van der Waals surface area contributed by atoms with Crippen molar-refractivity contribution < 1.29 is 4.39 Å². The average molecular weight is 269 g/mol. The van der Waals surface area contributed by atoms with Gasteiger partial charge in [0.25, 0.3) is 0 Å². The van der Waals surface area contributed by atoms with Gasteiger partial charge in [0.2, 0.25) is 0 Å². The molecule has 17 heavy (non-hydrogen) atoms. The van der Waals surface area contributed by atoms with Crippen LogP contribution in [0, 0.1) is 5.82 Å². The number of hydrogen-bond acceptors (Lipinski definition) is 3. The summed E-state index contributed by atoms with van der Waals surface area (Å²) in [5, 5.41) is 0.144. The highest BCUT2D eigenvalue weighted by Gasteiger charge is 2.07. The lowest BCUT2D eigenvalue weighted by Crippen LogP contribution is -1.92. The molecule has 0 fully saturated rings. The molecule has 0 radical (unpaired) electrons. The second-order valence-electron chi connectivity index (χ2n) is 3.42. The number of aromatic nitrogens is 1. The number of rotatable bonds is 3. The highest BCUT2D eigenvalue weighted by atomic mass is 35.5. The molecular formula is C12H10ClFN2S. The van der Waals surface area contributed by atoms with E-state index in [-0.39, 0.29) is 10.8 Å². The van der Waals surface area contributed by atoms with Gasteiger partial charge >= 0.3 is 0 Å². The fraction of sp³-hybridized carbons (Fsp3) is 0.0833. The molecule has 2 N–H and O–H groups in total. The summed E-state index contributed by atoms with van der Waals surface area (Å²) in [6.07, 6.45) is 3.24. The first-order chi connectivity index (χ1) is 8.18. The molecular weight excluding hydrogens is 259 g/mol. The number of nitrogens with two attached hydrogens (primary N) is 1. The molecule has 2 nitrogen and oxygen atoms in total. The Hall–Kier alpha value is -1.26. The molecule has 0 amide bonds. The second kappa shape index (κ2) is 5.38. The van der Waals surface area contributed by atoms with Crippen LogP contribution in [-0.2, 0) is 5.75 Å². The highest BCUT2D eigenvalue weighted by Crippen LogP contribution is 2.29. The van der Waals surface area contributed by atoms with Gasteiger partial charge in [0.05, 0.1) is 16.9 Å². The first-order valence-electron chi connectivity index (χ1n) is 4.93. The van der Waals surface area contributed by atoms with Gasteiger partial charge in [-0.2, -0.15) is 0 Å². The Morgan fingerprint density at radius 3 is 2.94 bits per heavy atom. The Kier molecular flexibility index (Phi) is 3.86. The van der Waals surface area contributed by atoms with Crippen molar-refractivity contribution in [2.75, 3.05) is 5.73 Å². The third kappa shape index (κ3) is 2.90. The molecule has 0 unspecified atom stereocenters. The number of halogens is 2. The number of nitrogens with zero attached hydrogens (tertiary/aromatic N) is 1. The van der Waals surface area contributed by atoms with E-state index >= 15 is 0 Å². The second-order valence-corrected chi connectivity index (χ2v) is 4.84. The highest BCUT2D eigenvalue weighted by molar-refractivity contribution is 7.98. The van der Waals surface area contributed by atoms with E-state index in [4.69, 9.17) is 17.3 Å². The quantitative estimate of drug-likeness (QED) is 0.862. The third-order valence-electron chi connectivity index (χ3n) is 2.22. The van der Waals surface area contributed by atoms with Crippen LogP contribution in [0.1, 0.15) is 5.56 Å². The Bertz CT molecular complexity index is 534. The van der Waals surface area contributed by atoms with Crippen molar-refractivity contribution in [2.24, 2.45) is 0 Å². The summed E-state index contributed by atoms with van der Waals surface area (Å²) in [4.78, 5) is 4.79. The van der Waals surface area contributed by atoms with Gasteiger partial charge in [-0.05, 0) is 17.7 Å². The van der Waals surface area contributed by atoms with Crippen molar-refractivity contribution in [3.63, 3.8) is 0 Å². The Balaban J connectivity index is 2.13. The van der Waals surface area contributed by atoms with Crippen LogP contribution in [0.4, 0.5) is 10.1 Å². The van der Waals surface area contributed by atoms with Crippen LogP contribution in [0.2, 0.25) is 5.02 Å². The monoisotopic (exact) mass is 268 g/mol. The maximum atomic E-state index is 13.6. The number of nitrogen functional groups attached to an aromatic ring is 1. The van der Waals surface area contributed by atoms with E-state index in [0.29, 0.717) is 17.0 Å². The average Bonchev–Trinajstić information content (AvgIpc) is 2.33. The lowest BCUT2D eigenvalue weighted by Gasteiger charge is -2.06. The fourth-order valence-electron chi connectivity index (χ4n) is 1.34. The van der Waals surface area contributed by atoms with E-state index in [1.165, 1.54) is 17.8 Å². The van der Waals surface area contributed by atoms with E-state index < -0.39 is 0 Å². The van der Waals surface area contributed by atoms with Gasteiger partial charge < -0.3 is 5.73 Å². The lowest BCUT2D eigenvalue weighted by molar-refractivity contribution is 0.618. The minimum Gasteiger partial charge on any atom is -0.397 e. The smallest absolute Gasteiger partial charge is 0.145 e. The van der Waals surface area contributed by atoms with Crippen LogP contribution in [0.5, 0.6) is 0 Å². The molecule has 0 saturated carbocycles. The van der Waals surface area contributed by atoms with E-state index in [9.17, 15) is 4.39 Å². The summed E-state index contributed by atoms with van der Waals surface area (Å²) in [6, 6.07) is 6.79. The van der Waals surface area contributed by atoms with Crippen LogP contribution < -0.4 is 5.73 Å². The van der Waals surface area contributed by atoms with E-state index in [1.807, 2.05) is 6.07 Å². The van der Waals surface area contributed by atoms with Gasteiger partial charge in [0.15, 0.2) is 0 Å². The fourth-order valence-corrected chi connectivity index (χ4v) is 2.45. The van der Waals surface area contributed by atoms with Crippen LogP contribution in [0.15, 0.2) is 41.6 Å². The van der Waals surface area contributed by atoms with Crippen molar-refractivity contribution in [3.8, 4) is 0 Å². The van der Waals surface area contributed by atoms with Crippen LogP contribution in [0.25, 0.3) is 0 Å². The van der Waals surface area contributed by atoms with Crippen molar-refractivity contribution in [1.82, 2.24) is 4.98 Å². The Labute approximate surface area is 108 Å². The Morgan fingerprint density at radius 2 is 2.18 bits per heavy atom. The number of anilines is 1. The van der Waals surface area contributed by atoms with E-state index in [1.54, 1.807) is 24.5 Å². The molecule has 2 rings (SSSR count). The molecule has 0 bridgehead atoms. The van der Waals surface area contributed by atoms with E-state index in [2.05, 4.69) is 4.98 Å². The van der Waals surface area contributed by atoms with Gasteiger partial charge in [0.1, 0.15) is 5.82 Å². The van der Waals surface area contributed by atoms with Crippen LogP contribution in [0.3, 0.4) is 0 Å². The predicted molar refractivity (Wildman–Crippen MR) is 69.6 cm³/mol. The minimum absolute atomic E-state index is 0.144. The first kappa shape index (κ1) is 12.2. The van der Waals surface area contributed by atoms with Crippen molar-refractivity contribution >= 4 is 29.1 Å². The topological polar surface area (TPSA) is 38.9 Å². The molecule has 1 heterocycles. The molecule has 0 atom stereocenters. The molecule has 5 heteroatoms. The zero-order chi connectivity index (χ0) is 12.3. The number of thioether (sulfide) groups is 1. The molecule has 0 aliphatic carbocycles. The molecule has 88 valence electrons. The largest absolute Gasteiger partial charge is 0.397 e. The van der Waals surface area contributed by atoms with Gasteiger partial charge in [-0.3, -0.25) is 4.98 Å². The van der Waals surface area contributed by atoms with Crippen LogP contribution >= 0.6 is 23.4 Å². The van der Waals surface area contributed by atoms with Gasteiger partial charge in [-0.25, -0.2) is 4.39 Å². The van der Waals surface area contributed by atoms with Crippen molar-refractivity contribution in [3.05, 3.63) is 53.1 Å². The summed E-state index contributed by atoms with van der Waals surface area (Å²) in [5.74, 6) is 0.120. The zero-order valence-electron chi connectivity index (χ0n) is 8.86. The normalized spacial score (nSPS) is 10.5. The van der Waals surface area contributed by atoms with Crippen molar-refractivity contribution in [1.29, 1.82) is 0 Å². The molecule has 0 spiro atoms. The number of pyridine rings is 1. The van der Waals surface area contributed by atoms with Gasteiger partial charge in [-0.1, -0.05) is 23.7 Å². The third-order valence-corrected chi connectivity index (χ3v) is 3.65. The molecule has 0 aliphatic rings. The molecule has 1 aromatic carbocycles. The molecule has 0 saturated heterocycles. The maximum absolute atomic E-state index is 13.6. The maximum Gasteiger partial charge on any atom is 0.145 e. The Morgan fingerprint density at radius 1 is 1.35 bits per heavy atom. The summed E-state index contributed by atoms with van der Waals surface area (Å²) in [7, 11) is 0. The number of benzene rings is 1. The summed E-state index contributed by atoms with van der Waals surface area (Å²) in [6.45, 7) is 0. The minimum atomic E-state index is -0.366. The predicted octanol–water partition coefficient (Wildman–Crippen LogP) is 3.75. The summed E-state index contributed by atoms with van der Waals surface area (Å²) < 4.78 is 13.6. The summed E-state index contributed by atoms with van der Waals surface area (Å²) in [5.41, 5.74) is 6.91. The molecule has 0 aliphatic heterocycles.